The van der Waals surface area contributed by atoms with Crippen LogP contribution in [0.5, 0.6) is 0 Å². The van der Waals surface area contributed by atoms with Gasteiger partial charge in [-0.15, -0.1) is 0 Å². The molecule has 0 aliphatic heterocycles. The number of fused-ring (bicyclic) bond motifs is 2. The average Bonchev–Trinajstić information content (AvgIpc) is 2.59. The third kappa shape index (κ3) is 2.74. The second kappa shape index (κ2) is 5.01. The van der Waals surface area contributed by atoms with Crippen molar-refractivity contribution in [1.82, 2.24) is 10.6 Å². The Morgan fingerprint density at radius 2 is 1.90 bits per heavy atom. The van der Waals surface area contributed by atoms with Crippen molar-refractivity contribution < 1.29 is 4.79 Å². The largest absolute Gasteiger partial charge is 0.351 e. The average molecular weight is 280 g/mol. The molecule has 3 atom stereocenters. The minimum atomic E-state index is -0.127. The van der Waals surface area contributed by atoms with Crippen molar-refractivity contribution in [3.8, 4) is 0 Å². The van der Waals surface area contributed by atoms with Crippen LogP contribution in [0.25, 0.3) is 0 Å². The summed E-state index contributed by atoms with van der Waals surface area (Å²) in [6.45, 7) is 14.2. The molecule has 3 nitrogen and oxygen atoms in total. The topological polar surface area (TPSA) is 41.1 Å². The monoisotopic (exact) mass is 280 g/mol. The maximum Gasteiger partial charge on any atom is 0.221 e. The highest BCUT2D eigenvalue weighted by atomic mass is 16.1. The van der Waals surface area contributed by atoms with Crippen molar-refractivity contribution in [3.05, 3.63) is 0 Å². The summed E-state index contributed by atoms with van der Waals surface area (Å²) >= 11 is 0. The van der Waals surface area contributed by atoms with Gasteiger partial charge in [0.05, 0.1) is 0 Å². The first-order valence-electron chi connectivity index (χ1n) is 8.11. The molecule has 2 saturated carbocycles. The molecule has 2 bridgehead atoms. The molecule has 116 valence electrons. The van der Waals surface area contributed by atoms with E-state index in [1.807, 2.05) is 20.8 Å². The molecule has 2 N–H and O–H groups in total. The third-order valence-electron chi connectivity index (χ3n) is 6.05. The summed E-state index contributed by atoms with van der Waals surface area (Å²) in [4.78, 5) is 11.8. The van der Waals surface area contributed by atoms with E-state index in [0.29, 0.717) is 23.3 Å². The van der Waals surface area contributed by atoms with E-state index < -0.39 is 0 Å². The van der Waals surface area contributed by atoms with E-state index in [2.05, 4.69) is 31.4 Å². The van der Waals surface area contributed by atoms with Gasteiger partial charge in [-0.05, 0) is 56.8 Å². The molecule has 3 heteroatoms. The Bertz CT molecular complexity index is 383. The maximum atomic E-state index is 11.8. The zero-order valence-corrected chi connectivity index (χ0v) is 14.1. The van der Waals surface area contributed by atoms with Crippen molar-refractivity contribution in [2.75, 3.05) is 6.54 Å². The van der Waals surface area contributed by atoms with E-state index in [9.17, 15) is 4.79 Å². The lowest BCUT2D eigenvalue weighted by Gasteiger charge is -2.39. The van der Waals surface area contributed by atoms with Gasteiger partial charge >= 0.3 is 0 Å². The Hall–Kier alpha value is -0.570. The van der Waals surface area contributed by atoms with Gasteiger partial charge in [0.25, 0.3) is 0 Å². The number of nitrogens with one attached hydrogen (secondary N) is 2. The molecule has 1 amide bonds. The number of hydrogen-bond acceptors (Lipinski definition) is 2. The zero-order valence-electron chi connectivity index (χ0n) is 14.1. The van der Waals surface area contributed by atoms with E-state index >= 15 is 0 Å². The Morgan fingerprint density at radius 1 is 1.25 bits per heavy atom. The summed E-state index contributed by atoms with van der Waals surface area (Å²) < 4.78 is 0. The Morgan fingerprint density at radius 3 is 2.35 bits per heavy atom. The number of hydrogen-bond donors (Lipinski definition) is 2. The van der Waals surface area contributed by atoms with Gasteiger partial charge in [-0.1, -0.05) is 20.8 Å². The van der Waals surface area contributed by atoms with E-state index in [0.717, 1.165) is 12.5 Å². The number of carbonyl (C=O) groups excluding carboxylic acids is 1. The van der Waals surface area contributed by atoms with E-state index in [-0.39, 0.29) is 11.4 Å². The predicted molar refractivity (Wildman–Crippen MR) is 83.5 cm³/mol. The van der Waals surface area contributed by atoms with Crippen molar-refractivity contribution in [1.29, 1.82) is 0 Å². The molecule has 0 aromatic rings. The molecular formula is C17H32N2O. The SMILES string of the molecule is CC(C)(C)NC(=O)CCNC1CC2CCC1(C)C2(C)C. The molecule has 3 unspecified atom stereocenters. The standard InChI is InChI=1S/C17H32N2O/c1-15(2,3)19-14(20)8-10-18-13-11-12-7-9-17(13,6)16(12,4)5/h12-13,18H,7-11H2,1-6H3,(H,19,20). The van der Waals surface area contributed by atoms with Crippen molar-refractivity contribution >= 4 is 5.91 Å². The van der Waals surface area contributed by atoms with Crippen LogP contribution in [0.3, 0.4) is 0 Å². The second-order valence-corrected chi connectivity index (χ2v) is 8.67. The molecule has 0 aromatic heterocycles. The van der Waals surface area contributed by atoms with Crippen LogP contribution in [0.2, 0.25) is 0 Å². The summed E-state index contributed by atoms with van der Waals surface area (Å²) in [5.41, 5.74) is 0.716. The Labute approximate surface area is 124 Å². The fourth-order valence-corrected chi connectivity index (χ4v) is 4.35. The number of rotatable bonds is 4. The first kappa shape index (κ1) is 15.8. The van der Waals surface area contributed by atoms with Crippen LogP contribution < -0.4 is 10.6 Å². The highest BCUT2D eigenvalue weighted by molar-refractivity contribution is 5.76. The van der Waals surface area contributed by atoms with Crippen molar-refractivity contribution in [2.24, 2.45) is 16.7 Å². The minimum Gasteiger partial charge on any atom is -0.351 e. The maximum absolute atomic E-state index is 11.8. The van der Waals surface area contributed by atoms with Crippen molar-refractivity contribution in [2.45, 2.75) is 78.8 Å². The Kier molecular flexibility index (Phi) is 3.96. The highest BCUT2D eigenvalue weighted by Crippen LogP contribution is 2.65. The molecule has 0 heterocycles. The smallest absolute Gasteiger partial charge is 0.221 e. The van der Waals surface area contributed by atoms with Crippen LogP contribution >= 0.6 is 0 Å². The van der Waals surface area contributed by atoms with E-state index in [4.69, 9.17) is 0 Å². The lowest BCUT2D eigenvalue weighted by atomic mass is 9.69. The molecule has 0 radical (unpaired) electrons. The van der Waals surface area contributed by atoms with Crippen LogP contribution in [-0.2, 0) is 4.79 Å². The molecule has 0 spiro atoms. The minimum absolute atomic E-state index is 0.127. The number of carbonyl (C=O) groups is 1. The van der Waals surface area contributed by atoms with Crippen LogP contribution in [-0.4, -0.2) is 24.0 Å². The van der Waals surface area contributed by atoms with Gasteiger partial charge < -0.3 is 10.6 Å². The quantitative estimate of drug-likeness (QED) is 0.831. The molecular weight excluding hydrogens is 248 g/mol. The van der Waals surface area contributed by atoms with Crippen molar-refractivity contribution in [3.63, 3.8) is 0 Å². The fourth-order valence-electron chi connectivity index (χ4n) is 4.35. The first-order chi connectivity index (χ1) is 9.06. The van der Waals surface area contributed by atoms with Crippen LogP contribution in [0.15, 0.2) is 0 Å². The summed E-state index contributed by atoms with van der Waals surface area (Å²) in [5, 5.41) is 6.69. The molecule has 2 aliphatic rings. The molecule has 0 saturated heterocycles. The molecule has 2 fully saturated rings. The summed E-state index contributed by atoms with van der Waals surface area (Å²) in [6, 6.07) is 0.582. The molecule has 2 rings (SSSR count). The third-order valence-corrected chi connectivity index (χ3v) is 6.05. The molecule has 20 heavy (non-hydrogen) atoms. The molecule has 0 aromatic carbocycles. The van der Waals surface area contributed by atoms with Crippen LogP contribution in [0.4, 0.5) is 0 Å². The van der Waals surface area contributed by atoms with Crippen LogP contribution in [0, 0.1) is 16.7 Å². The van der Waals surface area contributed by atoms with Gasteiger partial charge in [0, 0.05) is 24.5 Å². The van der Waals surface area contributed by atoms with E-state index in [1.54, 1.807) is 0 Å². The van der Waals surface area contributed by atoms with Gasteiger partial charge in [-0.2, -0.15) is 0 Å². The van der Waals surface area contributed by atoms with E-state index in [1.165, 1.54) is 19.3 Å². The van der Waals surface area contributed by atoms with Gasteiger partial charge in [-0.25, -0.2) is 0 Å². The fraction of sp³-hybridized carbons (Fsp3) is 0.941. The first-order valence-corrected chi connectivity index (χ1v) is 8.11. The molecule has 2 aliphatic carbocycles. The zero-order chi connectivity index (χ0) is 15.2. The van der Waals surface area contributed by atoms with Gasteiger partial charge in [0.2, 0.25) is 5.91 Å². The summed E-state index contributed by atoms with van der Waals surface area (Å²) in [7, 11) is 0. The normalized spacial score (nSPS) is 35.3. The lowest BCUT2D eigenvalue weighted by molar-refractivity contribution is -0.122. The van der Waals surface area contributed by atoms with Gasteiger partial charge in [0.15, 0.2) is 0 Å². The predicted octanol–water partition coefficient (Wildman–Crippen LogP) is 3.10. The Balaban J connectivity index is 1.81. The van der Waals surface area contributed by atoms with Gasteiger partial charge in [-0.3, -0.25) is 4.79 Å². The lowest BCUT2D eigenvalue weighted by Crippen LogP contribution is -2.46. The van der Waals surface area contributed by atoms with Gasteiger partial charge in [0.1, 0.15) is 0 Å². The summed E-state index contributed by atoms with van der Waals surface area (Å²) in [6.07, 6.45) is 4.57. The highest BCUT2D eigenvalue weighted by Gasteiger charge is 2.60. The summed E-state index contributed by atoms with van der Waals surface area (Å²) in [5.74, 6) is 1.01. The second-order valence-electron chi connectivity index (χ2n) is 8.67. The van der Waals surface area contributed by atoms with Crippen LogP contribution in [0.1, 0.15) is 67.2 Å². The number of amides is 1.